The third kappa shape index (κ3) is 4.14. The minimum Gasteiger partial charge on any atom is -0.383 e. The summed E-state index contributed by atoms with van der Waals surface area (Å²) in [6.45, 7) is 4.31. The highest BCUT2D eigenvalue weighted by molar-refractivity contribution is 6.39. The Balaban J connectivity index is 1.61. The molecular weight excluding hydrogens is 394 g/mol. The van der Waals surface area contributed by atoms with E-state index < -0.39 is 11.8 Å². The van der Waals surface area contributed by atoms with E-state index in [4.69, 9.17) is 5.73 Å². The van der Waals surface area contributed by atoms with Crippen molar-refractivity contribution in [3.8, 4) is 0 Å². The predicted octanol–water partition coefficient (Wildman–Crippen LogP) is 2.75. The highest BCUT2D eigenvalue weighted by Gasteiger charge is 2.34. The van der Waals surface area contributed by atoms with Gasteiger partial charge in [0, 0.05) is 18.1 Å². The van der Waals surface area contributed by atoms with Crippen LogP contribution in [0.5, 0.6) is 0 Å². The van der Waals surface area contributed by atoms with Crippen LogP contribution in [0.25, 0.3) is 10.8 Å². The van der Waals surface area contributed by atoms with Gasteiger partial charge in [-0.1, -0.05) is 19.1 Å². The maximum atomic E-state index is 13.1. The number of nitrogen functional groups attached to an aromatic ring is 1. The van der Waals surface area contributed by atoms with Crippen molar-refractivity contribution in [3.05, 3.63) is 64.2 Å². The lowest BCUT2D eigenvalue weighted by Crippen LogP contribution is -2.46. The first kappa shape index (κ1) is 20.6. The van der Waals surface area contributed by atoms with E-state index in [-0.39, 0.29) is 17.5 Å². The smallest absolute Gasteiger partial charge is 0.313 e. The van der Waals surface area contributed by atoms with Crippen molar-refractivity contribution in [2.24, 2.45) is 5.92 Å². The van der Waals surface area contributed by atoms with E-state index in [0.717, 1.165) is 29.4 Å². The van der Waals surface area contributed by atoms with Crippen molar-refractivity contribution < 1.29 is 9.59 Å². The van der Waals surface area contributed by atoms with Gasteiger partial charge in [-0.2, -0.15) is 0 Å². The Kier molecular flexibility index (Phi) is 5.46. The normalized spacial score (nSPS) is 18.7. The van der Waals surface area contributed by atoms with Gasteiger partial charge in [0.1, 0.15) is 5.82 Å². The highest BCUT2D eigenvalue weighted by atomic mass is 16.2. The minimum absolute atomic E-state index is 0.176. The van der Waals surface area contributed by atoms with E-state index in [2.05, 4.69) is 22.2 Å². The molecule has 0 saturated carbocycles. The third-order valence-corrected chi connectivity index (χ3v) is 5.83. The van der Waals surface area contributed by atoms with Crippen LogP contribution in [-0.2, 0) is 9.59 Å². The van der Waals surface area contributed by atoms with Crippen molar-refractivity contribution in [3.63, 3.8) is 0 Å². The van der Waals surface area contributed by atoms with Gasteiger partial charge in [-0.15, -0.1) is 0 Å². The molecule has 0 bridgehead atoms. The molecule has 4 rings (SSSR count). The number of nitrogens with two attached hydrogens (primary N) is 1. The second kappa shape index (κ2) is 8.22. The minimum atomic E-state index is -0.719. The first-order valence-electron chi connectivity index (χ1n) is 10.3. The van der Waals surface area contributed by atoms with E-state index in [1.807, 2.05) is 24.3 Å². The molecule has 160 valence electrons. The van der Waals surface area contributed by atoms with Gasteiger partial charge in [0.2, 0.25) is 0 Å². The summed E-state index contributed by atoms with van der Waals surface area (Å²) < 4.78 is 0. The van der Waals surface area contributed by atoms with Gasteiger partial charge in [-0.3, -0.25) is 14.4 Å². The van der Waals surface area contributed by atoms with Gasteiger partial charge in [0.05, 0.1) is 17.9 Å². The van der Waals surface area contributed by atoms with Gasteiger partial charge in [-0.05, 0) is 60.4 Å². The molecule has 1 aliphatic heterocycles. The molecule has 8 heteroatoms. The fourth-order valence-corrected chi connectivity index (χ4v) is 4.10. The Morgan fingerprint density at radius 1 is 1.23 bits per heavy atom. The Morgan fingerprint density at radius 2 is 2.03 bits per heavy atom. The van der Waals surface area contributed by atoms with E-state index >= 15 is 0 Å². The summed E-state index contributed by atoms with van der Waals surface area (Å²) in [5.41, 5.74) is 7.53. The molecule has 0 unspecified atom stereocenters. The maximum Gasteiger partial charge on any atom is 0.313 e. The number of hydrogen-bond acceptors (Lipinski definition) is 5. The molecule has 31 heavy (non-hydrogen) atoms. The Bertz CT molecular complexity index is 1220. The number of anilines is 2. The third-order valence-electron chi connectivity index (χ3n) is 5.83. The number of aryl methyl sites for hydroxylation is 1. The molecule has 1 fully saturated rings. The van der Waals surface area contributed by atoms with Crippen molar-refractivity contribution in [2.45, 2.75) is 32.7 Å². The summed E-state index contributed by atoms with van der Waals surface area (Å²) in [6.07, 6.45) is 4.69. The number of carbonyl (C=O) groups is 2. The van der Waals surface area contributed by atoms with Gasteiger partial charge in [0.25, 0.3) is 5.56 Å². The summed E-state index contributed by atoms with van der Waals surface area (Å²) >= 11 is 0. The number of amides is 2. The van der Waals surface area contributed by atoms with Gasteiger partial charge < -0.3 is 20.9 Å². The molecule has 0 radical (unpaired) electrons. The fraction of sp³-hybridized carbons (Fsp3) is 0.304. The van der Waals surface area contributed by atoms with E-state index in [1.165, 1.54) is 6.20 Å². The molecular formula is C23H25N5O3. The number of carbonyl (C=O) groups excluding carboxylic acids is 2. The summed E-state index contributed by atoms with van der Waals surface area (Å²) in [5, 5.41) is 4.03. The molecule has 1 aliphatic rings. The number of piperidine rings is 1. The van der Waals surface area contributed by atoms with Crippen LogP contribution in [0.1, 0.15) is 36.9 Å². The number of likely N-dealkylation sites (tertiary alicyclic amines) is 1. The molecule has 4 N–H and O–H groups in total. The Labute approximate surface area is 179 Å². The van der Waals surface area contributed by atoms with Crippen LogP contribution in [0.2, 0.25) is 0 Å². The van der Waals surface area contributed by atoms with E-state index in [1.54, 1.807) is 24.1 Å². The van der Waals surface area contributed by atoms with Crippen molar-refractivity contribution in [1.29, 1.82) is 0 Å². The average molecular weight is 419 g/mol. The SMILES string of the molecule is Cc1cc(NC(=O)C(=O)N2C[C@@H](C)CC[C@@H]2c2ccc3cc[nH]c(=O)c3c2)cnc1N. The number of aromatic amines is 1. The standard InChI is InChI=1S/C23H25N5O3/c1-13-3-6-19(16-5-4-15-7-8-25-21(29)18(15)10-16)28(12-13)23(31)22(30)27-17-9-14(2)20(24)26-11-17/h4-5,7-11,13,19H,3,6,12H2,1-2H3,(H2,24,26)(H,25,29)(H,27,30)/t13-,19+/m0/s1. The molecule has 2 aromatic heterocycles. The summed E-state index contributed by atoms with van der Waals surface area (Å²) in [5.74, 6) is -0.672. The molecule has 0 aliphatic carbocycles. The Morgan fingerprint density at radius 3 is 2.81 bits per heavy atom. The van der Waals surface area contributed by atoms with Crippen LogP contribution < -0.4 is 16.6 Å². The lowest BCUT2D eigenvalue weighted by Gasteiger charge is -2.38. The largest absolute Gasteiger partial charge is 0.383 e. The van der Waals surface area contributed by atoms with E-state index in [0.29, 0.717) is 23.4 Å². The number of nitrogens with zero attached hydrogens (tertiary/aromatic N) is 2. The first-order valence-corrected chi connectivity index (χ1v) is 10.3. The molecule has 3 aromatic rings. The first-order chi connectivity index (χ1) is 14.8. The van der Waals surface area contributed by atoms with E-state index in [9.17, 15) is 14.4 Å². The number of nitrogens with one attached hydrogen (secondary N) is 2. The number of hydrogen-bond donors (Lipinski definition) is 3. The van der Waals surface area contributed by atoms with Crippen LogP contribution in [0.3, 0.4) is 0 Å². The summed E-state index contributed by atoms with van der Waals surface area (Å²) in [4.78, 5) is 46.4. The van der Waals surface area contributed by atoms with Crippen LogP contribution in [0.4, 0.5) is 11.5 Å². The lowest BCUT2D eigenvalue weighted by atomic mass is 9.89. The molecule has 2 amide bonds. The molecule has 2 atom stereocenters. The lowest BCUT2D eigenvalue weighted by molar-refractivity contribution is -0.146. The predicted molar refractivity (Wildman–Crippen MR) is 119 cm³/mol. The molecule has 8 nitrogen and oxygen atoms in total. The quantitative estimate of drug-likeness (QED) is 0.552. The zero-order valence-electron chi connectivity index (χ0n) is 17.5. The monoisotopic (exact) mass is 419 g/mol. The number of H-pyrrole nitrogens is 1. The number of fused-ring (bicyclic) bond motifs is 1. The zero-order valence-corrected chi connectivity index (χ0v) is 17.5. The zero-order chi connectivity index (χ0) is 22.1. The average Bonchev–Trinajstić information content (AvgIpc) is 2.76. The van der Waals surface area contributed by atoms with Gasteiger partial charge >= 0.3 is 11.8 Å². The number of rotatable bonds is 2. The fourth-order valence-electron chi connectivity index (χ4n) is 4.10. The van der Waals surface area contributed by atoms with Crippen LogP contribution in [0, 0.1) is 12.8 Å². The highest BCUT2D eigenvalue weighted by Crippen LogP contribution is 2.34. The molecule has 0 spiro atoms. The van der Waals surface area contributed by atoms with Gasteiger partial charge in [0.15, 0.2) is 0 Å². The van der Waals surface area contributed by atoms with Crippen molar-refractivity contribution in [1.82, 2.24) is 14.9 Å². The molecule has 3 heterocycles. The van der Waals surface area contributed by atoms with Crippen molar-refractivity contribution >= 4 is 34.1 Å². The molecule has 1 saturated heterocycles. The van der Waals surface area contributed by atoms with Crippen LogP contribution in [0.15, 0.2) is 47.5 Å². The number of benzene rings is 1. The number of pyridine rings is 2. The summed E-state index contributed by atoms with van der Waals surface area (Å²) in [6, 6.07) is 8.87. The second-order valence-electron chi connectivity index (χ2n) is 8.19. The maximum absolute atomic E-state index is 13.1. The van der Waals surface area contributed by atoms with Crippen molar-refractivity contribution in [2.75, 3.05) is 17.6 Å². The second-order valence-corrected chi connectivity index (χ2v) is 8.19. The summed E-state index contributed by atoms with van der Waals surface area (Å²) in [7, 11) is 0. The molecule has 1 aromatic carbocycles. The Hall–Kier alpha value is -3.68. The van der Waals surface area contributed by atoms with Gasteiger partial charge in [-0.25, -0.2) is 4.98 Å². The van der Waals surface area contributed by atoms with Crippen LogP contribution >= 0.6 is 0 Å². The topological polar surface area (TPSA) is 121 Å². The van der Waals surface area contributed by atoms with Crippen LogP contribution in [-0.4, -0.2) is 33.2 Å². The number of aromatic nitrogens is 2.